The first kappa shape index (κ1) is 17.7. The number of halogens is 1. The third-order valence-electron chi connectivity index (χ3n) is 4.89. The second-order valence-electron chi connectivity index (χ2n) is 6.93. The SMILES string of the molecule is Cc1cccc(Nc2nc(N[C@@H]3CCOC[C@@H]3N)c(F)c3c2C(=O)NC3)c1. The van der Waals surface area contributed by atoms with Crippen molar-refractivity contribution in [3.63, 3.8) is 0 Å². The zero-order valence-corrected chi connectivity index (χ0v) is 15.0. The molecule has 1 aromatic heterocycles. The van der Waals surface area contributed by atoms with E-state index >= 15 is 0 Å². The Morgan fingerprint density at radius 2 is 2.22 bits per heavy atom. The molecular weight excluding hydrogens is 349 g/mol. The highest BCUT2D eigenvalue weighted by Crippen LogP contribution is 2.32. The number of pyridine rings is 1. The number of nitrogens with zero attached hydrogens (tertiary/aromatic N) is 1. The van der Waals surface area contributed by atoms with Crippen LogP contribution in [0.15, 0.2) is 24.3 Å². The number of hydrogen-bond acceptors (Lipinski definition) is 6. The first-order valence-corrected chi connectivity index (χ1v) is 8.97. The molecule has 5 N–H and O–H groups in total. The Balaban J connectivity index is 1.71. The highest BCUT2D eigenvalue weighted by atomic mass is 19.1. The van der Waals surface area contributed by atoms with Gasteiger partial charge in [0.15, 0.2) is 11.6 Å². The Morgan fingerprint density at radius 3 is 3.00 bits per heavy atom. The smallest absolute Gasteiger partial charge is 0.255 e. The lowest BCUT2D eigenvalue weighted by Crippen LogP contribution is -2.48. The van der Waals surface area contributed by atoms with Gasteiger partial charge in [0.1, 0.15) is 5.82 Å². The number of benzene rings is 1. The van der Waals surface area contributed by atoms with Gasteiger partial charge in [-0.1, -0.05) is 12.1 Å². The van der Waals surface area contributed by atoms with Crippen LogP contribution in [0.1, 0.15) is 27.9 Å². The van der Waals surface area contributed by atoms with Crippen molar-refractivity contribution >= 4 is 23.2 Å². The lowest BCUT2D eigenvalue weighted by atomic mass is 10.0. The lowest BCUT2D eigenvalue weighted by Gasteiger charge is -2.30. The number of anilines is 3. The van der Waals surface area contributed by atoms with Crippen LogP contribution in [0.3, 0.4) is 0 Å². The molecule has 2 aliphatic rings. The van der Waals surface area contributed by atoms with Gasteiger partial charge in [0.25, 0.3) is 5.91 Å². The molecule has 1 fully saturated rings. The highest BCUT2D eigenvalue weighted by Gasteiger charge is 2.31. The van der Waals surface area contributed by atoms with E-state index in [-0.39, 0.29) is 35.9 Å². The molecule has 8 heteroatoms. The molecule has 0 spiro atoms. The Kier molecular flexibility index (Phi) is 4.67. The number of hydrogen-bond donors (Lipinski definition) is 4. The molecule has 1 aromatic carbocycles. The van der Waals surface area contributed by atoms with Crippen LogP contribution in [-0.4, -0.2) is 36.2 Å². The van der Waals surface area contributed by atoms with Gasteiger partial charge in [-0.05, 0) is 31.0 Å². The van der Waals surface area contributed by atoms with E-state index in [4.69, 9.17) is 10.5 Å². The van der Waals surface area contributed by atoms with E-state index < -0.39 is 5.82 Å². The lowest BCUT2D eigenvalue weighted by molar-refractivity contribution is 0.0751. The fourth-order valence-corrected chi connectivity index (χ4v) is 3.44. The molecule has 142 valence electrons. The number of rotatable bonds is 4. The molecule has 7 nitrogen and oxygen atoms in total. The standard InChI is InChI=1S/C19H22FN5O2/c1-10-3-2-4-11(7-10)23-17-15-12(8-22-19(15)26)16(20)18(25-17)24-14-5-6-27-9-13(14)21/h2-4,7,13-14H,5-6,8-9,21H2,1H3,(H,22,26)(H2,23,24,25)/t13-,14+/m0/s1. The summed E-state index contributed by atoms with van der Waals surface area (Å²) in [5, 5.41) is 8.94. The van der Waals surface area contributed by atoms with Gasteiger partial charge in [0, 0.05) is 36.5 Å². The first-order chi connectivity index (χ1) is 13.0. The second-order valence-corrected chi connectivity index (χ2v) is 6.93. The summed E-state index contributed by atoms with van der Waals surface area (Å²) in [6.07, 6.45) is 0.664. The molecule has 27 heavy (non-hydrogen) atoms. The first-order valence-electron chi connectivity index (χ1n) is 8.97. The van der Waals surface area contributed by atoms with Crippen molar-refractivity contribution in [2.45, 2.75) is 32.0 Å². The average molecular weight is 371 g/mol. The Labute approximate surface area is 156 Å². The number of aromatic nitrogens is 1. The summed E-state index contributed by atoms with van der Waals surface area (Å²) in [5.74, 6) is -0.421. The topological polar surface area (TPSA) is 101 Å². The van der Waals surface area contributed by atoms with Crippen LogP contribution in [-0.2, 0) is 11.3 Å². The van der Waals surface area contributed by atoms with E-state index in [1.54, 1.807) is 0 Å². The predicted molar refractivity (Wildman–Crippen MR) is 101 cm³/mol. The Hall–Kier alpha value is -2.71. The molecule has 0 unspecified atom stereocenters. The van der Waals surface area contributed by atoms with Crippen molar-refractivity contribution in [2.75, 3.05) is 23.8 Å². The molecule has 0 bridgehead atoms. The zero-order chi connectivity index (χ0) is 19.0. The van der Waals surface area contributed by atoms with Gasteiger partial charge in [-0.25, -0.2) is 9.37 Å². The number of nitrogens with one attached hydrogen (secondary N) is 3. The summed E-state index contributed by atoms with van der Waals surface area (Å²) in [7, 11) is 0. The molecule has 4 rings (SSSR count). The van der Waals surface area contributed by atoms with Gasteiger partial charge in [-0.15, -0.1) is 0 Å². The predicted octanol–water partition coefficient (Wildman–Crippen LogP) is 2.04. The third kappa shape index (κ3) is 3.45. The van der Waals surface area contributed by atoms with Gasteiger partial charge in [0.05, 0.1) is 12.2 Å². The summed E-state index contributed by atoms with van der Waals surface area (Å²) in [5.41, 5.74) is 8.48. The number of ether oxygens (including phenoxy) is 1. The molecular formula is C19H22FN5O2. The van der Waals surface area contributed by atoms with Crippen molar-refractivity contribution in [1.82, 2.24) is 10.3 Å². The molecule has 2 aromatic rings. The van der Waals surface area contributed by atoms with E-state index in [9.17, 15) is 9.18 Å². The molecule has 2 atom stereocenters. The van der Waals surface area contributed by atoms with Crippen LogP contribution in [0.2, 0.25) is 0 Å². The second kappa shape index (κ2) is 7.13. The summed E-state index contributed by atoms with van der Waals surface area (Å²) < 4.78 is 20.3. The Bertz CT molecular complexity index is 889. The number of fused-ring (bicyclic) bond motifs is 1. The molecule has 1 saturated heterocycles. The van der Waals surface area contributed by atoms with Crippen LogP contribution in [0.25, 0.3) is 0 Å². The van der Waals surface area contributed by atoms with Crippen molar-refractivity contribution in [1.29, 1.82) is 0 Å². The van der Waals surface area contributed by atoms with E-state index in [2.05, 4.69) is 20.9 Å². The van der Waals surface area contributed by atoms with E-state index in [1.807, 2.05) is 31.2 Å². The fraction of sp³-hybridized carbons (Fsp3) is 0.368. The number of amides is 1. The normalized spacial score (nSPS) is 21.5. The van der Waals surface area contributed by atoms with Crippen LogP contribution in [0, 0.1) is 12.7 Å². The number of nitrogens with two attached hydrogens (primary N) is 1. The van der Waals surface area contributed by atoms with Crippen molar-refractivity contribution in [3.8, 4) is 0 Å². The van der Waals surface area contributed by atoms with Crippen molar-refractivity contribution in [2.24, 2.45) is 5.73 Å². The van der Waals surface area contributed by atoms with Crippen LogP contribution in [0.4, 0.5) is 21.7 Å². The van der Waals surface area contributed by atoms with Gasteiger partial charge in [-0.3, -0.25) is 4.79 Å². The maximum absolute atomic E-state index is 15.0. The van der Waals surface area contributed by atoms with Crippen molar-refractivity contribution in [3.05, 3.63) is 46.8 Å². The molecule has 0 saturated carbocycles. The monoisotopic (exact) mass is 371 g/mol. The largest absolute Gasteiger partial charge is 0.380 e. The average Bonchev–Trinajstić information content (AvgIpc) is 3.03. The van der Waals surface area contributed by atoms with Gasteiger partial charge in [-0.2, -0.15) is 0 Å². The van der Waals surface area contributed by atoms with Crippen LogP contribution < -0.4 is 21.7 Å². The minimum absolute atomic E-state index is 0.0998. The molecule has 1 amide bonds. The molecule has 3 heterocycles. The summed E-state index contributed by atoms with van der Waals surface area (Å²) >= 11 is 0. The van der Waals surface area contributed by atoms with Gasteiger partial charge in [0.2, 0.25) is 0 Å². The van der Waals surface area contributed by atoms with E-state index in [0.717, 1.165) is 11.3 Å². The Morgan fingerprint density at radius 1 is 1.37 bits per heavy atom. The maximum atomic E-state index is 15.0. The third-order valence-corrected chi connectivity index (χ3v) is 4.89. The quantitative estimate of drug-likeness (QED) is 0.656. The number of carbonyl (C=O) groups is 1. The van der Waals surface area contributed by atoms with Gasteiger partial charge < -0.3 is 26.4 Å². The molecule has 0 aliphatic carbocycles. The maximum Gasteiger partial charge on any atom is 0.255 e. The number of aryl methyl sites for hydroxylation is 1. The fourth-order valence-electron chi connectivity index (χ4n) is 3.44. The highest BCUT2D eigenvalue weighted by molar-refractivity contribution is 6.03. The minimum Gasteiger partial charge on any atom is -0.380 e. The van der Waals surface area contributed by atoms with Crippen LogP contribution in [0.5, 0.6) is 0 Å². The summed E-state index contributed by atoms with van der Waals surface area (Å²) in [6.45, 7) is 3.09. The molecule has 0 radical (unpaired) electrons. The molecule has 2 aliphatic heterocycles. The van der Waals surface area contributed by atoms with Crippen molar-refractivity contribution < 1.29 is 13.9 Å². The summed E-state index contributed by atoms with van der Waals surface area (Å²) in [6, 6.07) is 7.29. The van der Waals surface area contributed by atoms with Gasteiger partial charge >= 0.3 is 0 Å². The van der Waals surface area contributed by atoms with E-state index in [0.29, 0.717) is 31.0 Å². The van der Waals surface area contributed by atoms with E-state index in [1.165, 1.54) is 0 Å². The number of carbonyl (C=O) groups excluding carboxylic acids is 1. The minimum atomic E-state index is -0.517. The summed E-state index contributed by atoms with van der Waals surface area (Å²) in [4.78, 5) is 16.6. The van der Waals surface area contributed by atoms with Crippen LogP contribution >= 0.6 is 0 Å². The zero-order valence-electron chi connectivity index (χ0n) is 15.0.